The van der Waals surface area contributed by atoms with E-state index in [2.05, 4.69) is 28.9 Å². The molecule has 1 aromatic carbocycles. The quantitative estimate of drug-likeness (QED) is 0.761. The monoisotopic (exact) mass is 346 g/mol. The predicted molar refractivity (Wildman–Crippen MR) is 98.0 cm³/mol. The lowest BCUT2D eigenvalue weighted by molar-refractivity contribution is -0.132. The van der Waals surface area contributed by atoms with Gasteiger partial charge >= 0.3 is 0 Å². The van der Waals surface area contributed by atoms with Crippen molar-refractivity contribution in [3.8, 4) is 11.5 Å². The molecule has 0 aromatic heterocycles. The fourth-order valence-corrected chi connectivity index (χ4v) is 3.34. The molecule has 1 aromatic rings. The van der Waals surface area contributed by atoms with Crippen LogP contribution < -0.4 is 9.47 Å². The summed E-state index contributed by atoms with van der Waals surface area (Å²) >= 11 is 0. The molecule has 1 saturated heterocycles. The van der Waals surface area contributed by atoms with Crippen molar-refractivity contribution in [1.82, 2.24) is 9.80 Å². The maximum Gasteiger partial charge on any atom is 0.225 e. The molecule has 138 valence electrons. The molecular formula is C20H30N2O3. The van der Waals surface area contributed by atoms with E-state index < -0.39 is 0 Å². The van der Waals surface area contributed by atoms with Crippen molar-refractivity contribution < 1.29 is 14.3 Å². The summed E-state index contributed by atoms with van der Waals surface area (Å²) in [6.07, 6.45) is 4.21. The second-order valence-electron chi connectivity index (χ2n) is 7.06. The van der Waals surface area contributed by atoms with Gasteiger partial charge in [-0.15, -0.1) is 0 Å². The average molecular weight is 346 g/mol. The molecule has 5 heteroatoms. The van der Waals surface area contributed by atoms with Crippen LogP contribution in [0.3, 0.4) is 0 Å². The third kappa shape index (κ3) is 4.88. The predicted octanol–water partition coefficient (Wildman–Crippen LogP) is 2.93. The van der Waals surface area contributed by atoms with E-state index >= 15 is 0 Å². The number of benzene rings is 1. The minimum Gasteiger partial charge on any atom is -0.493 e. The molecule has 1 aliphatic carbocycles. The number of ether oxygens (including phenoxy) is 2. The summed E-state index contributed by atoms with van der Waals surface area (Å²) in [5.74, 6) is 2.31. The zero-order valence-electron chi connectivity index (χ0n) is 15.5. The van der Waals surface area contributed by atoms with Crippen LogP contribution in [0.25, 0.3) is 0 Å². The van der Waals surface area contributed by atoms with Gasteiger partial charge in [0.15, 0.2) is 11.5 Å². The molecule has 0 N–H and O–H groups in total. The van der Waals surface area contributed by atoms with Crippen molar-refractivity contribution in [1.29, 1.82) is 0 Å². The number of methoxy groups -OCH3 is 1. The molecule has 0 unspecified atom stereocenters. The summed E-state index contributed by atoms with van der Waals surface area (Å²) in [5.41, 5.74) is 1.22. The number of nitrogens with zero attached hydrogens (tertiary/aromatic N) is 2. The van der Waals surface area contributed by atoms with E-state index in [0.29, 0.717) is 18.4 Å². The van der Waals surface area contributed by atoms with Gasteiger partial charge in [0.1, 0.15) is 0 Å². The van der Waals surface area contributed by atoms with Gasteiger partial charge in [0.2, 0.25) is 5.91 Å². The van der Waals surface area contributed by atoms with Crippen LogP contribution in [0.15, 0.2) is 18.2 Å². The van der Waals surface area contributed by atoms with Crippen LogP contribution in [0.2, 0.25) is 0 Å². The van der Waals surface area contributed by atoms with E-state index in [4.69, 9.17) is 9.47 Å². The molecule has 3 rings (SSSR count). The second kappa shape index (κ2) is 8.56. The smallest absolute Gasteiger partial charge is 0.225 e. The van der Waals surface area contributed by atoms with Gasteiger partial charge in [-0.05, 0) is 43.4 Å². The van der Waals surface area contributed by atoms with Crippen molar-refractivity contribution in [2.24, 2.45) is 5.92 Å². The van der Waals surface area contributed by atoms with Gasteiger partial charge in [-0.2, -0.15) is 0 Å². The molecule has 5 nitrogen and oxygen atoms in total. The summed E-state index contributed by atoms with van der Waals surface area (Å²) < 4.78 is 11.2. The highest BCUT2D eigenvalue weighted by atomic mass is 16.5. The van der Waals surface area contributed by atoms with E-state index in [-0.39, 0.29) is 0 Å². The standard InChI is InChI=1S/C20H30N2O3/c1-3-13-25-18-8-5-16(14-19(18)24-2)15-21-9-4-10-22(12-11-21)20(23)17-6-7-17/h5,8,14,17H,3-4,6-7,9-13,15H2,1-2H3. The Morgan fingerprint density at radius 1 is 1.16 bits per heavy atom. The van der Waals surface area contributed by atoms with Crippen LogP contribution in [0, 0.1) is 5.92 Å². The van der Waals surface area contributed by atoms with Crippen molar-refractivity contribution in [3.63, 3.8) is 0 Å². The van der Waals surface area contributed by atoms with Crippen LogP contribution in [0.5, 0.6) is 11.5 Å². The molecule has 0 spiro atoms. The second-order valence-corrected chi connectivity index (χ2v) is 7.06. The Morgan fingerprint density at radius 3 is 2.72 bits per heavy atom. The Bertz CT molecular complexity index is 586. The summed E-state index contributed by atoms with van der Waals surface area (Å²) in [7, 11) is 1.69. The highest BCUT2D eigenvalue weighted by Crippen LogP contribution is 2.31. The number of hydrogen-bond donors (Lipinski definition) is 0. The van der Waals surface area contributed by atoms with Gasteiger partial charge in [0.25, 0.3) is 0 Å². The van der Waals surface area contributed by atoms with Crippen LogP contribution in [0.1, 0.15) is 38.2 Å². The molecule has 2 fully saturated rings. The normalized spacial score (nSPS) is 18.7. The highest BCUT2D eigenvalue weighted by molar-refractivity contribution is 5.81. The van der Waals surface area contributed by atoms with Crippen LogP contribution in [-0.2, 0) is 11.3 Å². The maximum absolute atomic E-state index is 12.3. The lowest BCUT2D eigenvalue weighted by atomic mass is 10.2. The Morgan fingerprint density at radius 2 is 2.00 bits per heavy atom. The third-order valence-corrected chi connectivity index (χ3v) is 4.92. The van der Waals surface area contributed by atoms with Crippen LogP contribution in [-0.4, -0.2) is 55.6 Å². The summed E-state index contributed by atoms with van der Waals surface area (Å²) in [4.78, 5) is 16.8. The van der Waals surface area contributed by atoms with Gasteiger partial charge in [-0.3, -0.25) is 9.69 Å². The number of carbonyl (C=O) groups is 1. The van der Waals surface area contributed by atoms with E-state index in [0.717, 1.165) is 69.9 Å². The molecule has 1 heterocycles. The van der Waals surface area contributed by atoms with Gasteiger partial charge in [0, 0.05) is 38.6 Å². The molecule has 0 radical (unpaired) electrons. The fraction of sp³-hybridized carbons (Fsp3) is 0.650. The maximum atomic E-state index is 12.3. The first-order valence-electron chi connectivity index (χ1n) is 9.52. The average Bonchev–Trinajstić information content (AvgIpc) is 3.47. The Hall–Kier alpha value is -1.75. The van der Waals surface area contributed by atoms with Crippen molar-refractivity contribution in [2.75, 3.05) is 39.9 Å². The van der Waals surface area contributed by atoms with Crippen LogP contribution in [0.4, 0.5) is 0 Å². The minimum absolute atomic E-state index is 0.325. The molecule has 1 aliphatic heterocycles. The van der Waals surface area contributed by atoms with E-state index in [1.165, 1.54) is 5.56 Å². The summed E-state index contributed by atoms with van der Waals surface area (Å²) in [5, 5.41) is 0. The van der Waals surface area contributed by atoms with E-state index in [9.17, 15) is 4.79 Å². The molecule has 1 amide bonds. The zero-order valence-corrected chi connectivity index (χ0v) is 15.5. The summed E-state index contributed by atoms with van der Waals surface area (Å²) in [6, 6.07) is 6.19. The van der Waals surface area contributed by atoms with Gasteiger partial charge in [-0.1, -0.05) is 13.0 Å². The Balaban J connectivity index is 1.57. The van der Waals surface area contributed by atoms with Crippen molar-refractivity contribution >= 4 is 5.91 Å². The Kier molecular flexibility index (Phi) is 6.19. The van der Waals surface area contributed by atoms with Crippen molar-refractivity contribution in [2.45, 2.75) is 39.2 Å². The summed E-state index contributed by atoms with van der Waals surface area (Å²) in [6.45, 7) is 7.41. The van der Waals surface area contributed by atoms with E-state index in [1.807, 2.05) is 6.07 Å². The largest absolute Gasteiger partial charge is 0.493 e. The van der Waals surface area contributed by atoms with E-state index in [1.54, 1.807) is 7.11 Å². The van der Waals surface area contributed by atoms with Gasteiger partial charge in [0.05, 0.1) is 13.7 Å². The number of rotatable bonds is 7. The molecular weight excluding hydrogens is 316 g/mol. The molecule has 2 aliphatic rings. The third-order valence-electron chi connectivity index (χ3n) is 4.92. The number of hydrogen-bond acceptors (Lipinski definition) is 4. The van der Waals surface area contributed by atoms with Crippen LogP contribution >= 0.6 is 0 Å². The first-order valence-corrected chi connectivity index (χ1v) is 9.52. The van der Waals surface area contributed by atoms with Gasteiger partial charge in [-0.25, -0.2) is 0 Å². The SMILES string of the molecule is CCCOc1ccc(CN2CCCN(C(=O)C3CC3)CC2)cc1OC. The first-order chi connectivity index (χ1) is 12.2. The molecule has 25 heavy (non-hydrogen) atoms. The highest BCUT2D eigenvalue weighted by Gasteiger charge is 2.33. The lowest BCUT2D eigenvalue weighted by Gasteiger charge is -2.22. The number of carbonyl (C=O) groups excluding carboxylic acids is 1. The van der Waals surface area contributed by atoms with Gasteiger partial charge < -0.3 is 14.4 Å². The number of amides is 1. The Labute approximate surface area is 150 Å². The minimum atomic E-state index is 0.325. The topological polar surface area (TPSA) is 42.0 Å². The fourth-order valence-electron chi connectivity index (χ4n) is 3.34. The molecule has 1 saturated carbocycles. The lowest BCUT2D eigenvalue weighted by Crippen LogP contribution is -2.35. The first kappa shape index (κ1) is 18.1. The zero-order chi connectivity index (χ0) is 17.6. The molecule has 0 atom stereocenters. The molecule has 0 bridgehead atoms. The van der Waals surface area contributed by atoms with Crippen molar-refractivity contribution in [3.05, 3.63) is 23.8 Å².